The molecule has 110 valence electrons. The van der Waals surface area contributed by atoms with Crippen LogP contribution in [0.1, 0.15) is 31.2 Å². The molecule has 0 radical (unpaired) electrons. The number of rotatable bonds is 4. The lowest BCUT2D eigenvalue weighted by atomic mass is 9.90. The van der Waals surface area contributed by atoms with Crippen molar-refractivity contribution in [2.45, 2.75) is 44.2 Å². The number of nitrogens with one attached hydrogen (secondary N) is 1. The third-order valence-corrected chi connectivity index (χ3v) is 4.57. The van der Waals surface area contributed by atoms with Crippen molar-refractivity contribution in [2.24, 2.45) is 0 Å². The van der Waals surface area contributed by atoms with Crippen molar-refractivity contribution in [3.05, 3.63) is 34.9 Å². The first kappa shape index (κ1) is 15.3. The van der Waals surface area contributed by atoms with Crippen LogP contribution in [-0.4, -0.2) is 37.0 Å². The first-order valence-electron chi connectivity index (χ1n) is 7.27. The third kappa shape index (κ3) is 3.97. The summed E-state index contributed by atoms with van der Waals surface area (Å²) in [5, 5.41) is 4.03. The average molecular weight is 295 g/mol. The number of carbonyl (C=O) groups excluding carboxylic acids is 1. The van der Waals surface area contributed by atoms with Crippen LogP contribution in [0, 0.1) is 0 Å². The molecule has 1 N–H and O–H groups in total. The number of benzene rings is 1. The van der Waals surface area contributed by atoms with Crippen LogP contribution in [0.3, 0.4) is 0 Å². The van der Waals surface area contributed by atoms with E-state index in [1.165, 1.54) is 0 Å². The highest BCUT2D eigenvalue weighted by Crippen LogP contribution is 2.23. The number of hydrogen-bond donors (Lipinski definition) is 1. The van der Waals surface area contributed by atoms with Crippen LogP contribution in [0.4, 0.5) is 0 Å². The fraction of sp³-hybridized carbons (Fsp3) is 0.562. The maximum Gasteiger partial charge on any atom is 0.226 e. The van der Waals surface area contributed by atoms with Gasteiger partial charge in [-0.2, -0.15) is 0 Å². The van der Waals surface area contributed by atoms with Gasteiger partial charge in [0.05, 0.1) is 6.42 Å². The van der Waals surface area contributed by atoms with E-state index in [2.05, 4.69) is 5.32 Å². The van der Waals surface area contributed by atoms with Gasteiger partial charge in [-0.15, -0.1) is 0 Å². The molecule has 1 aliphatic rings. The number of carbonyl (C=O) groups is 1. The first-order valence-corrected chi connectivity index (χ1v) is 7.65. The fourth-order valence-corrected chi connectivity index (χ4v) is 2.98. The van der Waals surface area contributed by atoms with Crippen LogP contribution >= 0.6 is 11.6 Å². The van der Waals surface area contributed by atoms with Gasteiger partial charge in [-0.3, -0.25) is 4.79 Å². The standard InChI is InChI=1S/C16H23ClN2O/c1-18-14-7-9-15(10-8-14)19(2)16(20)11-12-3-5-13(17)6-4-12/h3-6,14-15,18H,7-11H2,1-2H3. The van der Waals surface area contributed by atoms with E-state index in [1.54, 1.807) is 0 Å². The lowest BCUT2D eigenvalue weighted by Crippen LogP contribution is -2.43. The third-order valence-electron chi connectivity index (χ3n) is 4.31. The predicted octanol–water partition coefficient (Wildman–Crippen LogP) is 2.87. The molecular weight excluding hydrogens is 272 g/mol. The Labute approximate surface area is 126 Å². The summed E-state index contributed by atoms with van der Waals surface area (Å²) in [6.07, 6.45) is 4.95. The average Bonchev–Trinajstić information content (AvgIpc) is 2.49. The van der Waals surface area contributed by atoms with Crippen LogP contribution in [0.2, 0.25) is 5.02 Å². The van der Waals surface area contributed by atoms with Gasteiger partial charge in [-0.05, 0) is 50.4 Å². The molecule has 1 aromatic rings. The topological polar surface area (TPSA) is 32.3 Å². The molecule has 1 aromatic carbocycles. The lowest BCUT2D eigenvalue weighted by molar-refractivity contribution is -0.131. The summed E-state index contributed by atoms with van der Waals surface area (Å²) in [5.74, 6) is 0.195. The minimum Gasteiger partial charge on any atom is -0.342 e. The highest BCUT2D eigenvalue weighted by molar-refractivity contribution is 6.30. The molecule has 0 aliphatic heterocycles. The van der Waals surface area contributed by atoms with E-state index in [0.717, 1.165) is 31.2 Å². The Balaban J connectivity index is 1.87. The van der Waals surface area contributed by atoms with Crippen LogP contribution in [0.25, 0.3) is 0 Å². The normalized spacial score (nSPS) is 22.6. The molecule has 1 amide bonds. The summed E-state index contributed by atoms with van der Waals surface area (Å²) >= 11 is 5.86. The van der Waals surface area contributed by atoms with E-state index >= 15 is 0 Å². The molecule has 1 saturated carbocycles. The van der Waals surface area contributed by atoms with Crippen LogP contribution < -0.4 is 5.32 Å². The maximum atomic E-state index is 12.3. The summed E-state index contributed by atoms with van der Waals surface area (Å²) in [7, 11) is 3.95. The molecule has 0 aromatic heterocycles. The predicted molar refractivity (Wildman–Crippen MR) is 83.0 cm³/mol. The van der Waals surface area contributed by atoms with Crippen molar-refractivity contribution in [1.82, 2.24) is 10.2 Å². The zero-order valence-electron chi connectivity index (χ0n) is 12.2. The molecule has 2 rings (SSSR count). The second kappa shape index (κ2) is 7.09. The first-order chi connectivity index (χ1) is 9.60. The molecule has 0 saturated heterocycles. The number of halogens is 1. The molecular formula is C16H23ClN2O. The minimum absolute atomic E-state index is 0.195. The van der Waals surface area contributed by atoms with E-state index in [9.17, 15) is 4.79 Å². The summed E-state index contributed by atoms with van der Waals surface area (Å²) in [4.78, 5) is 14.3. The van der Waals surface area contributed by atoms with Gasteiger partial charge in [0.25, 0.3) is 0 Å². The Kier molecular flexibility index (Phi) is 5.44. The Morgan fingerprint density at radius 2 is 1.85 bits per heavy atom. The molecule has 0 unspecified atom stereocenters. The highest BCUT2D eigenvalue weighted by atomic mass is 35.5. The summed E-state index contributed by atoms with van der Waals surface area (Å²) < 4.78 is 0. The number of amides is 1. The monoisotopic (exact) mass is 294 g/mol. The second-order valence-electron chi connectivity index (χ2n) is 5.60. The van der Waals surface area contributed by atoms with Crippen LogP contribution in [0.15, 0.2) is 24.3 Å². The van der Waals surface area contributed by atoms with E-state index in [-0.39, 0.29) is 5.91 Å². The highest BCUT2D eigenvalue weighted by Gasteiger charge is 2.25. The van der Waals surface area contributed by atoms with Crippen molar-refractivity contribution in [2.75, 3.05) is 14.1 Å². The van der Waals surface area contributed by atoms with Crippen LogP contribution in [-0.2, 0) is 11.2 Å². The van der Waals surface area contributed by atoms with E-state index in [0.29, 0.717) is 23.5 Å². The van der Waals surface area contributed by atoms with Crippen molar-refractivity contribution in [1.29, 1.82) is 0 Å². The lowest BCUT2D eigenvalue weighted by Gasteiger charge is -2.34. The van der Waals surface area contributed by atoms with Crippen molar-refractivity contribution >= 4 is 17.5 Å². The molecule has 20 heavy (non-hydrogen) atoms. The Morgan fingerprint density at radius 3 is 2.40 bits per heavy atom. The minimum atomic E-state index is 0.195. The van der Waals surface area contributed by atoms with Gasteiger partial charge in [0, 0.05) is 24.2 Å². The van der Waals surface area contributed by atoms with Gasteiger partial charge in [0.2, 0.25) is 5.91 Å². The van der Waals surface area contributed by atoms with Crippen molar-refractivity contribution in [3.63, 3.8) is 0 Å². The molecule has 0 atom stereocenters. The van der Waals surface area contributed by atoms with Crippen molar-refractivity contribution < 1.29 is 4.79 Å². The second-order valence-corrected chi connectivity index (χ2v) is 6.04. The van der Waals surface area contributed by atoms with Gasteiger partial charge < -0.3 is 10.2 Å². The summed E-state index contributed by atoms with van der Waals surface area (Å²) in [6, 6.07) is 8.52. The van der Waals surface area contributed by atoms with Gasteiger partial charge >= 0.3 is 0 Å². The maximum absolute atomic E-state index is 12.3. The Morgan fingerprint density at radius 1 is 1.25 bits per heavy atom. The smallest absolute Gasteiger partial charge is 0.226 e. The van der Waals surface area contributed by atoms with Gasteiger partial charge in [-0.25, -0.2) is 0 Å². The summed E-state index contributed by atoms with van der Waals surface area (Å²) in [6.45, 7) is 0. The van der Waals surface area contributed by atoms with E-state index in [1.807, 2.05) is 43.3 Å². The van der Waals surface area contributed by atoms with Crippen LogP contribution in [0.5, 0.6) is 0 Å². The SMILES string of the molecule is CNC1CCC(N(C)C(=O)Cc2ccc(Cl)cc2)CC1. The van der Waals surface area contributed by atoms with Gasteiger partial charge in [0.1, 0.15) is 0 Å². The molecule has 3 nitrogen and oxygen atoms in total. The molecule has 1 aliphatic carbocycles. The van der Waals surface area contributed by atoms with Gasteiger partial charge in [-0.1, -0.05) is 23.7 Å². The largest absolute Gasteiger partial charge is 0.342 e. The molecule has 0 bridgehead atoms. The van der Waals surface area contributed by atoms with E-state index < -0.39 is 0 Å². The molecule has 1 fully saturated rings. The number of hydrogen-bond acceptors (Lipinski definition) is 2. The Hall–Kier alpha value is -1.06. The zero-order valence-corrected chi connectivity index (χ0v) is 13.0. The van der Waals surface area contributed by atoms with Gasteiger partial charge in [0.15, 0.2) is 0 Å². The molecule has 4 heteroatoms. The number of likely N-dealkylation sites (N-methyl/N-ethyl adjacent to an activating group) is 1. The fourth-order valence-electron chi connectivity index (χ4n) is 2.86. The molecule has 0 heterocycles. The zero-order chi connectivity index (χ0) is 14.5. The van der Waals surface area contributed by atoms with E-state index in [4.69, 9.17) is 11.6 Å². The Bertz CT molecular complexity index is 438. The quantitative estimate of drug-likeness (QED) is 0.926. The number of nitrogens with zero attached hydrogens (tertiary/aromatic N) is 1. The van der Waals surface area contributed by atoms with Crippen molar-refractivity contribution in [3.8, 4) is 0 Å². The molecule has 0 spiro atoms. The summed E-state index contributed by atoms with van der Waals surface area (Å²) in [5.41, 5.74) is 1.02.